The average Bonchev–Trinajstić information content (AvgIpc) is 2.27. The van der Waals surface area contributed by atoms with Crippen LogP contribution in [0.25, 0.3) is 0 Å². The van der Waals surface area contributed by atoms with E-state index >= 15 is 0 Å². The Morgan fingerprint density at radius 1 is 1.47 bits per heavy atom. The summed E-state index contributed by atoms with van der Waals surface area (Å²) in [7, 11) is 2.19. The summed E-state index contributed by atoms with van der Waals surface area (Å²) >= 11 is 2.31. The zero-order chi connectivity index (χ0) is 11.4. The number of hydrogen-bond donors (Lipinski definition) is 0. The fourth-order valence-electron chi connectivity index (χ4n) is 2.18. The smallest absolute Gasteiger partial charge is 0.120 e. The minimum Gasteiger partial charge on any atom is -0.493 e. The Bertz CT molecular complexity index is 348. The van der Waals surface area contributed by atoms with Gasteiger partial charge >= 0.3 is 0 Å². The highest BCUT2D eigenvalue weighted by Gasteiger charge is 2.17. The van der Waals surface area contributed by atoms with E-state index < -0.39 is 0 Å². The Morgan fingerprint density at radius 2 is 2.29 bits per heavy atom. The zero-order valence-corrected chi connectivity index (χ0v) is 13.0. The van der Waals surface area contributed by atoms with E-state index in [1.54, 1.807) is 0 Å². The number of piperidine rings is 1. The molecule has 1 atom stereocenters. The molecule has 2 rings (SSSR count). The van der Waals surface area contributed by atoms with E-state index in [0.717, 1.165) is 12.4 Å². The number of hydrogen-bond acceptors (Lipinski definition) is 2. The summed E-state index contributed by atoms with van der Waals surface area (Å²) in [6, 6.07) is 8.26. The molecule has 0 amide bonds. The van der Waals surface area contributed by atoms with Crippen LogP contribution in [0.5, 0.6) is 5.75 Å². The first-order valence-corrected chi connectivity index (χ1v) is 6.89. The van der Waals surface area contributed by atoms with Gasteiger partial charge in [-0.05, 0) is 67.2 Å². The molecule has 0 radical (unpaired) electrons. The average molecular weight is 368 g/mol. The topological polar surface area (TPSA) is 12.5 Å². The molecule has 0 unspecified atom stereocenters. The lowest BCUT2D eigenvalue weighted by molar-refractivity contribution is 0.150. The summed E-state index contributed by atoms with van der Waals surface area (Å²) in [4.78, 5) is 2.40. The lowest BCUT2D eigenvalue weighted by atomic mass is 10.00. The molecule has 0 N–H and O–H groups in total. The third-order valence-corrected chi connectivity index (χ3v) is 3.67. The molecule has 1 fully saturated rings. The number of nitrogens with zero attached hydrogens (tertiary/aromatic N) is 1. The van der Waals surface area contributed by atoms with Gasteiger partial charge in [-0.3, -0.25) is 0 Å². The maximum atomic E-state index is 5.84. The molecule has 0 saturated carbocycles. The number of likely N-dealkylation sites (tertiary alicyclic amines) is 1. The van der Waals surface area contributed by atoms with Crippen molar-refractivity contribution in [2.24, 2.45) is 5.92 Å². The van der Waals surface area contributed by atoms with E-state index in [0.29, 0.717) is 5.92 Å². The van der Waals surface area contributed by atoms with Crippen molar-refractivity contribution >= 4 is 35.0 Å². The third-order valence-electron chi connectivity index (χ3n) is 3.00. The fraction of sp³-hybridized carbons (Fsp3) is 0.538. The number of benzene rings is 1. The predicted molar refractivity (Wildman–Crippen MR) is 82.1 cm³/mol. The Morgan fingerprint density at radius 3 is 3.00 bits per heavy atom. The van der Waals surface area contributed by atoms with Crippen LogP contribution in [-0.4, -0.2) is 31.6 Å². The van der Waals surface area contributed by atoms with E-state index in [1.807, 2.05) is 12.1 Å². The second kappa shape index (κ2) is 7.44. The molecule has 0 spiro atoms. The Hall–Kier alpha value is -0.0000000000000000555. The Balaban J connectivity index is 0.00000144. The van der Waals surface area contributed by atoms with Crippen LogP contribution >= 0.6 is 35.0 Å². The van der Waals surface area contributed by atoms with Gasteiger partial charge < -0.3 is 9.64 Å². The van der Waals surface area contributed by atoms with Gasteiger partial charge in [0.1, 0.15) is 5.75 Å². The summed E-state index contributed by atoms with van der Waals surface area (Å²) in [5.74, 6) is 1.69. The lowest BCUT2D eigenvalue weighted by Crippen LogP contribution is -2.34. The summed E-state index contributed by atoms with van der Waals surface area (Å²) in [5.41, 5.74) is 0. The Labute approximate surface area is 123 Å². The van der Waals surface area contributed by atoms with Crippen LogP contribution in [-0.2, 0) is 0 Å². The summed E-state index contributed by atoms with van der Waals surface area (Å²) in [6.07, 6.45) is 2.60. The first-order valence-electron chi connectivity index (χ1n) is 5.81. The van der Waals surface area contributed by atoms with E-state index in [-0.39, 0.29) is 12.4 Å². The molecule has 0 bridgehead atoms. The van der Waals surface area contributed by atoms with Gasteiger partial charge in [0.15, 0.2) is 0 Å². The van der Waals surface area contributed by atoms with Crippen LogP contribution in [0.4, 0.5) is 0 Å². The standard InChI is InChI=1S/C13H18INO.ClH/c1-15-7-3-4-11(9-15)10-16-13-6-2-5-12(14)8-13;/h2,5-6,8,11H,3-4,7,9-10H2,1H3;1H/t11-;/m0./s1. The Kier molecular flexibility index (Phi) is 6.59. The van der Waals surface area contributed by atoms with Crippen molar-refractivity contribution in [3.63, 3.8) is 0 Å². The predicted octanol–water partition coefficient (Wildman–Crippen LogP) is 3.43. The van der Waals surface area contributed by atoms with E-state index in [9.17, 15) is 0 Å². The normalized spacial score (nSPS) is 20.7. The van der Waals surface area contributed by atoms with Gasteiger partial charge in [0.2, 0.25) is 0 Å². The summed E-state index contributed by atoms with van der Waals surface area (Å²) < 4.78 is 7.08. The highest BCUT2D eigenvalue weighted by Crippen LogP contribution is 2.19. The fourth-order valence-corrected chi connectivity index (χ4v) is 2.69. The second-order valence-corrected chi connectivity index (χ2v) is 5.78. The molecule has 1 saturated heterocycles. The maximum absolute atomic E-state index is 5.84. The SMILES string of the molecule is CN1CCC[C@H](COc2cccc(I)c2)C1.Cl. The minimum atomic E-state index is 0. The molecule has 0 aliphatic carbocycles. The van der Waals surface area contributed by atoms with Gasteiger partial charge in [-0.25, -0.2) is 0 Å². The van der Waals surface area contributed by atoms with Crippen LogP contribution in [0, 0.1) is 9.49 Å². The van der Waals surface area contributed by atoms with E-state index in [1.165, 1.54) is 29.5 Å². The molecule has 1 aromatic carbocycles. The molecule has 2 nitrogen and oxygen atoms in total. The second-order valence-electron chi connectivity index (χ2n) is 4.54. The summed E-state index contributed by atoms with van der Waals surface area (Å²) in [5, 5.41) is 0. The van der Waals surface area contributed by atoms with Crippen LogP contribution in [0.15, 0.2) is 24.3 Å². The molecular formula is C13H19ClINO. The van der Waals surface area contributed by atoms with Crippen LogP contribution in [0.1, 0.15) is 12.8 Å². The zero-order valence-electron chi connectivity index (χ0n) is 10.1. The van der Waals surface area contributed by atoms with Crippen LogP contribution in [0.2, 0.25) is 0 Å². The molecule has 17 heavy (non-hydrogen) atoms. The largest absolute Gasteiger partial charge is 0.493 e. The molecule has 96 valence electrons. The van der Waals surface area contributed by atoms with E-state index in [4.69, 9.17) is 4.74 Å². The van der Waals surface area contributed by atoms with Crippen LogP contribution in [0.3, 0.4) is 0 Å². The molecule has 1 aromatic rings. The van der Waals surface area contributed by atoms with Crippen molar-refractivity contribution in [2.75, 3.05) is 26.7 Å². The lowest BCUT2D eigenvalue weighted by Gasteiger charge is -2.29. The number of rotatable bonds is 3. The van der Waals surface area contributed by atoms with Gasteiger partial charge in [0.05, 0.1) is 6.61 Å². The molecule has 1 heterocycles. The third kappa shape index (κ3) is 5.02. The van der Waals surface area contributed by atoms with E-state index in [2.05, 4.69) is 46.7 Å². The van der Waals surface area contributed by atoms with Gasteiger partial charge in [0, 0.05) is 16.0 Å². The van der Waals surface area contributed by atoms with Crippen molar-refractivity contribution < 1.29 is 4.74 Å². The van der Waals surface area contributed by atoms with Gasteiger partial charge in [-0.1, -0.05) is 6.07 Å². The molecular weight excluding hydrogens is 349 g/mol. The monoisotopic (exact) mass is 367 g/mol. The molecule has 4 heteroatoms. The minimum absolute atomic E-state index is 0. The first-order chi connectivity index (χ1) is 7.74. The van der Waals surface area contributed by atoms with Crippen molar-refractivity contribution in [2.45, 2.75) is 12.8 Å². The van der Waals surface area contributed by atoms with Crippen molar-refractivity contribution in [1.29, 1.82) is 0 Å². The van der Waals surface area contributed by atoms with Crippen LogP contribution < -0.4 is 4.74 Å². The first kappa shape index (κ1) is 15.1. The van der Waals surface area contributed by atoms with Gasteiger partial charge in [0.25, 0.3) is 0 Å². The summed E-state index contributed by atoms with van der Waals surface area (Å²) in [6.45, 7) is 3.26. The van der Waals surface area contributed by atoms with Crippen molar-refractivity contribution in [1.82, 2.24) is 4.90 Å². The van der Waals surface area contributed by atoms with Crippen molar-refractivity contribution in [3.05, 3.63) is 27.8 Å². The highest BCUT2D eigenvalue weighted by atomic mass is 127. The van der Waals surface area contributed by atoms with Gasteiger partial charge in [-0.2, -0.15) is 0 Å². The van der Waals surface area contributed by atoms with Crippen molar-refractivity contribution in [3.8, 4) is 5.75 Å². The number of halogens is 2. The highest BCUT2D eigenvalue weighted by molar-refractivity contribution is 14.1. The van der Waals surface area contributed by atoms with Gasteiger partial charge in [-0.15, -0.1) is 12.4 Å². The maximum Gasteiger partial charge on any atom is 0.120 e. The molecule has 1 aliphatic rings. The molecule has 0 aromatic heterocycles. The molecule has 1 aliphatic heterocycles. The number of ether oxygens (including phenoxy) is 1. The quantitative estimate of drug-likeness (QED) is 0.759.